The Bertz CT molecular complexity index is 378. The molecule has 2 amide bonds. The summed E-state index contributed by atoms with van der Waals surface area (Å²) in [5.74, 6) is 0.872. The van der Waals surface area contributed by atoms with E-state index in [9.17, 15) is 9.59 Å². The molecule has 1 aliphatic heterocycles. The Morgan fingerprint density at radius 3 is 2.55 bits per heavy atom. The number of hydrogen-bond donors (Lipinski definition) is 0. The van der Waals surface area contributed by atoms with Crippen molar-refractivity contribution in [1.29, 1.82) is 0 Å². The molecule has 0 spiro atoms. The van der Waals surface area contributed by atoms with Crippen molar-refractivity contribution in [2.24, 2.45) is 5.92 Å². The van der Waals surface area contributed by atoms with Crippen molar-refractivity contribution in [3.05, 3.63) is 0 Å². The second-order valence-corrected chi connectivity index (χ2v) is 6.86. The molecule has 2 rings (SSSR count). The summed E-state index contributed by atoms with van der Waals surface area (Å²) in [6.07, 6.45) is 8.55. The SMILES string of the molecule is CN(C)C(=O)CCC(=O)N1CCOC(CC2CCCCC2)C1. The Kier molecular flexibility index (Phi) is 6.68. The van der Waals surface area contributed by atoms with Crippen molar-refractivity contribution >= 4 is 11.8 Å². The van der Waals surface area contributed by atoms with Gasteiger partial charge in [0.25, 0.3) is 0 Å². The van der Waals surface area contributed by atoms with E-state index in [-0.39, 0.29) is 17.9 Å². The molecule has 22 heavy (non-hydrogen) atoms. The first-order valence-electron chi connectivity index (χ1n) is 8.66. The van der Waals surface area contributed by atoms with Crippen LogP contribution in [-0.2, 0) is 14.3 Å². The molecule has 0 radical (unpaired) electrons. The molecular weight excluding hydrogens is 280 g/mol. The van der Waals surface area contributed by atoms with Crippen LogP contribution < -0.4 is 0 Å². The average molecular weight is 310 g/mol. The minimum atomic E-state index is 0.0142. The third kappa shape index (κ3) is 5.27. The molecule has 0 aromatic heterocycles. The molecule has 2 aliphatic rings. The van der Waals surface area contributed by atoms with Gasteiger partial charge >= 0.3 is 0 Å². The van der Waals surface area contributed by atoms with E-state index in [0.717, 1.165) is 12.3 Å². The largest absolute Gasteiger partial charge is 0.375 e. The fourth-order valence-electron chi connectivity index (χ4n) is 3.48. The number of nitrogens with zero attached hydrogens (tertiary/aromatic N) is 2. The Hall–Kier alpha value is -1.10. The van der Waals surface area contributed by atoms with Gasteiger partial charge in [0.05, 0.1) is 12.7 Å². The maximum atomic E-state index is 12.3. The van der Waals surface area contributed by atoms with E-state index in [1.165, 1.54) is 32.1 Å². The van der Waals surface area contributed by atoms with Gasteiger partial charge in [-0.3, -0.25) is 9.59 Å². The van der Waals surface area contributed by atoms with E-state index in [1.807, 2.05) is 4.90 Å². The number of morpholine rings is 1. The van der Waals surface area contributed by atoms with Crippen LogP contribution in [0.2, 0.25) is 0 Å². The van der Waals surface area contributed by atoms with Gasteiger partial charge < -0.3 is 14.5 Å². The van der Waals surface area contributed by atoms with E-state index >= 15 is 0 Å². The van der Waals surface area contributed by atoms with E-state index < -0.39 is 0 Å². The predicted molar refractivity (Wildman–Crippen MR) is 85.4 cm³/mol. The van der Waals surface area contributed by atoms with Gasteiger partial charge in [0.2, 0.25) is 11.8 Å². The molecule has 1 unspecified atom stereocenters. The third-order valence-electron chi connectivity index (χ3n) is 4.86. The summed E-state index contributed by atoms with van der Waals surface area (Å²) >= 11 is 0. The number of carbonyl (C=O) groups is 2. The van der Waals surface area contributed by atoms with Crippen molar-refractivity contribution < 1.29 is 14.3 Å². The lowest BCUT2D eigenvalue weighted by molar-refractivity contribution is -0.142. The molecule has 0 bridgehead atoms. The molecule has 2 fully saturated rings. The van der Waals surface area contributed by atoms with Gasteiger partial charge in [0.15, 0.2) is 0 Å². The second kappa shape index (κ2) is 8.51. The lowest BCUT2D eigenvalue weighted by Crippen LogP contribution is -2.46. The quantitative estimate of drug-likeness (QED) is 0.781. The molecule has 1 heterocycles. The third-order valence-corrected chi connectivity index (χ3v) is 4.86. The van der Waals surface area contributed by atoms with Gasteiger partial charge in [-0.1, -0.05) is 32.1 Å². The summed E-state index contributed by atoms with van der Waals surface area (Å²) in [7, 11) is 3.45. The minimum Gasteiger partial charge on any atom is -0.375 e. The van der Waals surface area contributed by atoms with Gasteiger partial charge in [0.1, 0.15) is 0 Å². The Balaban J connectivity index is 1.74. The highest BCUT2D eigenvalue weighted by atomic mass is 16.5. The van der Waals surface area contributed by atoms with Crippen LogP contribution in [-0.4, -0.2) is 61.5 Å². The zero-order valence-electron chi connectivity index (χ0n) is 14.1. The van der Waals surface area contributed by atoms with Gasteiger partial charge in [-0.05, 0) is 12.3 Å². The number of rotatable bonds is 5. The first-order chi connectivity index (χ1) is 10.6. The highest BCUT2D eigenvalue weighted by molar-refractivity contribution is 5.83. The Labute approximate surface area is 134 Å². The van der Waals surface area contributed by atoms with Gasteiger partial charge in [-0.25, -0.2) is 0 Å². The van der Waals surface area contributed by atoms with Crippen LogP contribution in [0.1, 0.15) is 51.4 Å². The van der Waals surface area contributed by atoms with Crippen LogP contribution >= 0.6 is 0 Å². The summed E-state index contributed by atoms with van der Waals surface area (Å²) in [5.41, 5.74) is 0. The molecular formula is C17H30N2O3. The molecule has 126 valence electrons. The Morgan fingerprint density at radius 1 is 1.14 bits per heavy atom. The first-order valence-corrected chi connectivity index (χ1v) is 8.66. The van der Waals surface area contributed by atoms with Crippen molar-refractivity contribution in [1.82, 2.24) is 9.80 Å². The predicted octanol–water partition coefficient (Wildman–Crippen LogP) is 2.05. The minimum absolute atomic E-state index is 0.0142. The molecule has 1 saturated carbocycles. The maximum absolute atomic E-state index is 12.3. The van der Waals surface area contributed by atoms with E-state index in [1.54, 1.807) is 19.0 Å². The number of hydrogen-bond acceptors (Lipinski definition) is 3. The Morgan fingerprint density at radius 2 is 1.86 bits per heavy atom. The molecule has 5 nitrogen and oxygen atoms in total. The summed E-state index contributed by atoms with van der Waals surface area (Å²) in [6.45, 7) is 1.99. The molecule has 5 heteroatoms. The summed E-state index contributed by atoms with van der Waals surface area (Å²) < 4.78 is 5.86. The van der Waals surface area contributed by atoms with Crippen LogP contribution in [0.15, 0.2) is 0 Å². The summed E-state index contributed by atoms with van der Waals surface area (Å²) in [5, 5.41) is 0. The van der Waals surface area contributed by atoms with Crippen molar-refractivity contribution in [3.63, 3.8) is 0 Å². The zero-order valence-corrected chi connectivity index (χ0v) is 14.1. The van der Waals surface area contributed by atoms with E-state index in [0.29, 0.717) is 32.5 Å². The van der Waals surface area contributed by atoms with Crippen LogP contribution in [0.25, 0.3) is 0 Å². The van der Waals surface area contributed by atoms with Gasteiger partial charge in [-0.2, -0.15) is 0 Å². The number of ether oxygens (including phenoxy) is 1. The molecule has 1 aliphatic carbocycles. The first kappa shape index (κ1) is 17.3. The fraction of sp³-hybridized carbons (Fsp3) is 0.882. The fourth-order valence-corrected chi connectivity index (χ4v) is 3.48. The molecule has 1 atom stereocenters. The number of amides is 2. The summed E-state index contributed by atoms with van der Waals surface area (Å²) in [4.78, 5) is 27.3. The lowest BCUT2D eigenvalue weighted by Gasteiger charge is -2.35. The van der Waals surface area contributed by atoms with Gasteiger partial charge in [0, 0.05) is 40.0 Å². The standard InChI is InChI=1S/C17H30N2O3/c1-18(2)16(20)8-9-17(21)19-10-11-22-15(13-19)12-14-6-4-3-5-7-14/h14-15H,3-13H2,1-2H3. The van der Waals surface area contributed by atoms with Crippen molar-refractivity contribution in [2.45, 2.75) is 57.5 Å². The van der Waals surface area contributed by atoms with Crippen LogP contribution in [0.5, 0.6) is 0 Å². The van der Waals surface area contributed by atoms with E-state index in [4.69, 9.17) is 4.74 Å². The second-order valence-electron chi connectivity index (χ2n) is 6.86. The average Bonchev–Trinajstić information content (AvgIpc) is 2.53. The van der Waals surface area contributed by atoms with Crippen LogP contribution in [0.3, 0.4) is 0 Å². The highest BCUT2D eigenvalue weighted by Gasteiger charge is 2.27. The number of carbonyl (C=O) groups excluding carboxylic acids is 2. The normalized spacial score (nSPS) is 23.4. The lowest BCUT2D eigenvalue weighted by atomic mass is 9.85. The smallest absolute Gasteiger partial charge is 0.223 e. The van der Waals surface area contributed by atoms with Crippen molar-refractivity contribution in [2.75, 3.05) is 33.8 Å². The van der Waals surface area contributed by atoms with E-state index in [2.05, 4.69) is 0 Å². The zero-order chi connectivity index (χ0) is 15.9. The van der Waals surface area contributed by atoms with Gasteiger partial charge in [-0.15, -0.1) is 0 Å². The van der Waals surface area contributed by atoms with Crippen LogP contribution in [0, 0.1) is 5.92 Å². The highest BCUT2D eigenvalue weighted by Crippen LogP contribution is 2.29. The maximum Gasteiger partial charge on any atom is 0.223 e. The van der Waals surface area contributed by atoms with Crippen LogP contribution in [0.4, 0.5) is 0 Å². The molecule has 0 N–H and O–H groups in total. The molecule has 1 saturated heterocycles. The van der Waals surface area contributed by atoms with Crippen molar-refractivity contribution in [3.8, 4) is 0 Å². The topological polar surface area (TPSA) is 49.9 Å². The molecule has 0 aromatic rings. The monoisotopic (exact) mass is 310 g/mol. The molecule has 0 aromatic carbocycles. The summed E-state index contributed by atoms with van der Waals surface area (Å²) in [6, 6.07) is 0.